The third-order valence-corrected chi connectivity index (χ3v) is 4.53. The van der Waals surface area contributed by atoms with E-state index in [1.54, 1.807) is 0 Å². The van der Waals surface area contributed by atoms with E-state index in [0.29, 0.717) is 12.1 Å². The summed E-state index contributed by atoms with van der Waals surface area (Å²) in [5.74, 6) is 0. The Morgan fingerprint density at radius 2 is 2.22 bits per heavy atom. The van der Waals surface area contributed by atoms with Gasteiger partial charge >= 0.3 is 0 Å². The fraction of sp³-hybridized carbons (Fsp3) is 0.571. The molecule has 0 bridgehead atoms. The molecule has 1 heterocycles. The molecule has 1 aliphatic rings. The molecule has 2 N–H and O–H groups in total. The molecular weight excluding hydrogens is 356 g/mol. The van der Waals surface area contributed by atoms with Crippen LogP contribution < -0.4 is 10.6 Å². The molecule has 4 heteroatoms. The highest BCUT2D eigenvalue weighted by Crippen LogP contribution is 2.27. The lowest BCUT2D eigenvalue weighted by molar-refractivity contribution is 0.371. The second kappa shape index (κ2) is 6.92. The minimum absolute atomic E-state index is 0.484. The van der Waals surface area contributed by atoms with Crippen LogP contribution >= 0.6 is 31.9 Å². The fourth-order valence-electron chi connectivity index (χ4n) is 2.48. The lowest BCUT2D eigenvalue weighted by Crippen LogP contribution is -2.37. The normalized spacial score (nSPS) is 21.6. The first-order valence-corrected chi connectivity index (χ1v) is 8.18. The van der Waals surface area contributed by atoms with E-state index >= 15 is 0 Å². The molecule has 2 unspecified atom stereocenters. The van der Waals surface area contributed by atoms with Crippen molar-refractivity contribution >= 4 is 37.5 Å². The predicted molar refractivity (Wildman–Crippen MR) is 85.2 cm³/mol. The molecule has 1 aliphatic heterocycles. The summed E-state index contributed by atoms with van der Waals surface area (Å²) in [6.45, 7) is 3.43. The topological polar surface area (TPSA) is 24.1 Å². The summed E-state index contributed by atoms with van der Waals surface area (Å²) in [5.41, 5.74) is 1.17. The van der Waals surface area contributed by atoms with Gasteiger partial charge in [-0.05, 0) is 66.9 Å². The maximum Gasteiger partial charge on any atom is 0.0487 e. The van der Waals surface area contributed by atoms with Crippen LogP contribution in [0.1, 0.15) is 32.6 Å². The maximum absolute atomic E-state index is 3.60. The highest BCUT2D eigenvalue weighted by Gasteiger charge is 2.16. The van der Waals surface area contributed by atoms with Crippen LogP contribution in [-0.4, -0.2) is 18.6 Å². The summed E-state index contributed by atoms with van der Waals surface area (Å²) in [6.07, 6.45) is 5.19. The molecule has 1 fully saturated rings. The number of piperidine rings is 1. The van der Waals surface area contributed by atoms with Gasteiger partial charge in [0.1, 0.15) is 0 Å². The Labute approximate surface area is 126 Å². The van der Waals surface area contributed by atoms with E-state index in [1.807, 2.05) is 0 Å². The van der Waals surface area contributed by atoms with Crippen LogP contribution in [0.3, 0.4) is 0 Å². The van der Waals surface area contributed by atoms with Crippen molar-refractivity contribution < 1.29 is 0 Å². The van der Waals surface area contributed by atoms with Crippen LogP contribution in [-0.2, 0) is 0 Å². The first-order chi connectivity index (χ1) is 8.65. The average molecular weight is 376 g/mol. The van der Waals surface area contributed by atoms with Gasteiger partial charge in [0, 0.05) is 26.7 Å². The molecule has 2 atom stereocenters. The second-order valence-corrected chi connectivity index (χ2v) is 6.82. The van der Waals surface area contributed by atoms with Gasteiger partial charge in [0.2, 0.25) is 0 Å². The number of anilines is 1. The highest BCUT2D eigenvalue weighted by molar-refractivity contribution is 9.11. The van der Waals surface area contributed by atoms with E-state index < -0.39 is 0 Å². The van der Waals surface area contributed by atoms with Crippen LogP contribution in [0.15, 0.2) is 27.1 Å². The van der Waals surface area contributed by atoms with Crippen LogP contribution in [0.4, 0.5) is 5.69 Å². The van der Waals surface area contributed by atoms with E-state index in [4.69, 9.17) is 0 Å². The Kier molecular flexibility index (Phi) is 5.52. The number of nitrogens with one attached hydrogen (secondary N) is 2. The number of hydrogen-bond donors (Lipinski definition) is 2. The Balaban J connectivity index is 1.87. The van der Waals surface area contributed by atoms with Gasteiger partial charge in [-0.15, -0.1) is 0 Å². The maximum atomic E-state index is 3.60. The van der Waals surface area contributed by atoms with Crippen molar-refractivity contribution in [3.63, 3.8) is 0 Å². The lowest BCUT2D eigenvalue weighted by Gasteiger charge is -2.27. The first-order valence-electron chi connectivity index (χ1n) is 6.60. The summed E-state index contributed by atoms with van der Waals surface area (Å²) in [5, 5.41) is 7.18. The summed E-state index contributed by atoms with van der Waals surface area (Å²) in [6, 6.07) is 7.42. The predicted octanol–water partition coefficient (Wildman–Crippen LogP) is 4.54. The zero-order valence-electron chi connectivity index (χ0n) is 10.7. The zero-order valence-corrected chi connectivity index (χ0v) is 13.9. The minimum Gasteiger partial charge on any atom is -0.382 e. The number of benzene rings is 1. The van der Waals surface area contributed by atoms with Crippen LogP contribution in [0.5, 0.6) is 0 Å². The van der Waals surface area contributed by atoms with Crippen LogP contribution in [0.25, 0.3) is 0 Å². The molecule has 100 valence electrons. The Morgan fingerprint density at radius 3 is 2.89 bits per heavy atom. The molecule has 0 saturated carbocycles. The monoisotopic (exact) mass is 374 g/mol. The Bertz CT molecular complexity index is 389. The van der Waals surface area contributed by atoms with Gasteiger partial charge < -0.3 is 10.6 Å². The van der Waals surface area contributed by atoms with Gasteiger partial charge in [-0.25, -0.2) is 0 Å². The molecular formula is C14H20Br2N2. The van der Waals surface area contributed by atoms with Crippen LogP contribution in [0, 0.1) is 0 Å². The van der Waals surface area contributed by atoms with E-state index in [-0.39, 0.29) is 0 Å². The van der Waals surface area contributed by atoms with E-state index in [1.165, 1.54) is 37.9 Å². The molecule has 0 radical (unpaired) electrons. The highest BCUT2D eigenvalue weighted by atomic mass is 79.9. The van der Waals surface area contributed by atoms with Crippen molar-refractivity contribution in [2.75, 3.05) is 11.9 Å². The molecule has 0 spiro atoms. The largest absolute Gasteiger partial charge is 0.382 e. The van der Waals surface area contributed by atoms with Gasteiger partial charge in [-0.3, -0.25) is 0 Å². The van der Waals surface area contributed by atoms with Gasteiger partial charge in [0.25, 0.3) is 0 Å². The number of rotatable bonds is 4. The molecule has 2 rings (SSSR count). The molecule has 18 heavy (non-hydrogen) atoms. The molecule has 1 aromatic carbocycles. The van der Waals surface area contributed by atoms with Crippen molar-refractivity contribution in [1.82, 2.24) is 5.32 Å². The van der Waals surface area contributed by atoms with E-state index in [9.17, 15) is 0 Å². The van der Waals surface area contributed by atoms with Gasteiger partial charge in [0.15, 0.2) is 0 Å². The minimum atomic E-state index is 0.484. The summed E-state index contributed by atoms with van der Waals surface area (Å²) >= 11 is 7.07. The van der Waals surface area contributed by atoms with Crippen molar-refractivity contribution in [2.24, 2.45) is 0 Å². The van der Waals surface area contributed by atoms with Gasteiger partial charge in [0.05, 0.1) is 0 Å². The molecule has 2 nitrogen and oxygen atoms in total. The quantitative estimate of drug-likeness (QED) is 0.806. The fourth-order valence-corrected chi connectivity index (χ4v) is 3.64. The number of halogens is 2. The summed E-state index contributed by atoms with van der Waals surface area (Å²) in [4.78, 5) is 0. The molecule has 1 aromatic rings. The molecule has 0 aliphatic carbocycles. The third-order valence-electron chi connectivity index (χ3n) is 3.38. The van der Waals surface area contributed by atoms with Gasteiger partial charge in [-0.1, -0.05) is 22.4 Å². The third kappa shape index (κ3) is 4.25. The first kappa shape index (κ1) is 14.4. The average Bonchev–Trinajstić information content (AvgIpc) is 2.34. The Morgan fingerprint density at radius 1 is 1.39 bits per heavy atom. The van der Waals surface area contributed by atoms with Crippen LogP contribution in [0.2, 0.25) is 0 Å². The number of hydrogen-bond acceptors (Lipinski definition) is 2. The zero-order chi connectivity index (χ0) is 13.0. The second-order valence-electron chi connectivity index (χ2n) is 5.05. The van der Waals surface area contributed by atoms with Crippen molar-refractivity contribution in [3.8, 4) is 0 Å². The smallest absolute Gasteiger partial charge is 0.0487 e. The summed E-state index contributed by atoms with van der Waals surface area (Å²) in [7, 11) is 0. The Hall–Kier alpha value is -0.0600. The van der Waals surface area contributed by atoms with Crippen molar-refractivity contribution in [3.05, 3.63) is 27.1 Å². The lowest BCUT2D eigenvalue weighted by atomic mass is 9.99. The van der Waals surface area contributed by atoms with Gasteiger partial charge in [-0.2, -0.15) is 0 Å². The standard InChI is InChI=1S/C14H20Br2N2/c1-10(8-12-4-2-3-7-17-12)18-14-6-5-11(15)9-13(14)16/h5-6,9-10,12,17-18H,2-4,7-8H2,1H3. The van der Waals surface area contributed by atoms with Crippen molar-refractivity contribution in [1.29, 1.82) is 0 Å². The van der Waals surface area contributed by atoms with E-state index in [0.717, 1.165) is 8.95 Å². The SMILES string of the molecule is CC(CC1CCCCN1)Nc1ccc(Br)cc1Br. The molecule has 1 saturated heterocycles. The van der Waals surface area contributed by atoms with E-state index in [2.05, 4.69) is 67.6 Å². The van der Waals surface area contributed by atoms with Crippen molar-refractivity contribution in [2.45, 2.75) is 44.7 Å². The molecule has 0 aromatic heterocycles. The summed E-state index contributed by atoms with van der Waals surface area (Å²) < 4.78 is 2.21. The molecule has 0 amide bonds.